The number of sulfonamides is 1. The maximum Gasteiger partial charge on any atom is 0.335 e. The topological polar surface area (TPSA) is 111 Å². The Kier molecular flexibility index (Phi) is 6.12. The van der Waals surface area contributed by atoms with Gasteiger partial charge in [-0.1, -0.05) is 0 Å². The molecule has 0 aliphatic heterocycles. The van der Waals surface area contributed by atoms with E-state index in [1.807, 2.05) is 0 Å². The van der Waals surface area contributed by atoms with Gasteiger partial charge in [0.1, 0.15) is 11.5 Å². The summed E-state index contributed by atoms with van der Waals surface area (Å²) in [5.74, 6) is 0.772. The molecule has 0 saturated heterocycles. The summed E-state index contributed by atoms with van der Waals surface area (Å²) in [6, 6.07) is 16.4. The Bertz CT molecular complexity index is 1140. The van der Waals surface area contributed by atoms with E-state index in [-0.39, 0.29) is 16.1 Å². The smallest absolute Gasteiger partial charge is 0.335 e. The molecule has 2 N–H and O–H groups in total. The Morgan fingerprint density at radius 3 is 2.03 bits per heavy atom. The number of rotatable bonds is 8. The summed E-state index contributed by atoms with van der Waals surface area (Å²) < 4.78 is 43.9. The molecule has 0 radical (unpaired) electrons. The summed E-state index contributed by atoms with van der Waals surface area (Å²) in [6.45, 7) is 0. The summed E-state index contributed by atoms with van der Waals surface area (Å²) in [7, 11) is -0.894. The zero-order valence-corrected chi connectivity index (χ0v) is 17.0. The monoisotopic (exact) mass is 429 g/mol. The van der Waals surface area contributed by atoms with E-state index in [0.717, 1.165) is 0 Å². The van der Waals surface area contributed by atoms with Crippen molar-refractivity contribution in [1.29, 1.82) is 0 Å². The predicted molar refractivity (Wildman–Crippen MR) is 110 cm³/mol. The Morgan fingerprint density at radius 2 is 1.47 bits per heavy atom. The molecule has 30 heavy (non-hydrogen) atoms. The van der Waals surface area contributed by atoms with Crippen molar-refractivity contribution >= 4 is 21.7 Å². The van der Waals surface area contributed by atoms with Crippen molar-refractivity contribution in [2.45, 2.75) is 4.90 Å². The van der Waals surface area contributed by atoms with Gasteiger partial charge in [0.2, 0.25) is 0 Å². The van der Waals surface area contributed by atoms with Gasteiger partial charge in [-0.15, -0.1) is 0 Å². The Balaban J connectivity index is 1.85. The molecule has 0 aliphatic rings. The molecule has 0 saturated carbocycles. The van der Waals surface area contributed by atoms with Gasteiger partial charge in [0.15, 0.2) is 11.5 Å². The molecule has 3 rings (SSSR count). The number of carboxylic acids is 1. The summed E-state index contributed by atoms with van der Waals surface area (Å²) in [6.07, 6.45) is 0. The molecule has 0 heterocycles. The summed E-state index contributed by atoms with van der Waals surface area (Å²) >= 11 is 0. The van der Waals surface area contributed by atoms with E-state index in [2.05, 4.69) is 4.72 Å². The second kappa shape index (κ2) is 8.75. The van der Waals surface area contributed by atoms with Gasteiger partial charge in [0.25, 0.3) is 10.0 Å². The number of ether oxygens (including phenoxy) is 3. The molecule has 9 heteroatoms. The SMILES string of the molecule is COc1ccc(Oc2cc(NS(=O)(=O)c3ccc(C(=O)O)cc3)ccc2OC)cc1. The zero-order chi connectivity index (χ0) is 21.7. The number of nitrogens with one attached hydrogen (secondary N) is 1. The van der Waals surface area contributed by atoms with Crippen LogP contribution in [-0.4, -0.2) is 33.7 Å². The van der Waals surface area contributed by atoms with Gasteiger partial charge in [0, 0.05) is 6.07 Å². The summed E-state index contributed by atoms with van der Waals surface area (Å²) in [4.78, 5) is 10.9. The Labute approximate surface area is 173 Å². The van der Waals surface area contributed by atoms with E-state index in [1.165, 1.54) is 43.5 Å². The number of hydrogen-bond donors (Lipinski definition) is 2. The first-order valence-electron chi connectivity index (χ1n) is 8.68. The van der Waals surface area contributed by atoms with Gasteiger partial charge in [-0.3, -0.25) is 4.72 Å². The number of methoxy groups -OCH3 is 2. The standard InChI is InChI=1S/C21H19NO7S/c1-27-16-6-8-17(9-7-16)29-20-13-15(5-12-19(20)28-2)22-30(25,26)18-10-3-14(4-11-18)21(23)24/h3-13,22H,1-2H3,(H,23,24). The van der Waals surface area contributed by atoms with Gasteiger partial charge in [-0.2, -0.15) is 0 Å². The van der Waals surface area contributed by atoms with Crippen molar-refractivity contribution in [3.8, 4) is 23.0 Å². The molecule has 0 aliphatic carbocycles. The molecule has 0 bridgehead atoms. The van der Waals surface area contributed by atoms with Crippen LogP contribution in [0.25, 0.3) is 0 Å². The number of benzene rings is 3. The average Bonchev–Trinajstić information content (AvgIpc) is 2.74. The van der Waals surface area contributed by atoms with Gasteiger partial charge in [-0.25, -0.2) is 13.2 Å². The van der Waals surface area contributed by atoms with Crippen LogP contribution in [-0.2, 0) is 10.0 Å². The minimum atomic E-state index is -3.93. The minimum absolute atomic E-state index is 0.00595. The maximum atomic E-state index is 12.6. The fourth-order valence-electron chi connectivity index (χ4n) is 2.58. The van der Waals surface area contributed by atoms with Crippen LogP contribution in [0.15, 0.2) is 71.6 Å². The van der Waals surface area contributed by atoms with E-state index >= 15 is 0 Å². The van der Waals surface area contributed by atoms with E-state index in [4.69, 9.17) is 19.3 Å². The second-order valence-electron chi connectivity index (χ2n) is 6.08. The van der Waals surface area contributed by atoms with Crippen LogP contribution >= 0.6 is 0 Å². The van der Waals surface area contributed by atoms with Gasteiger partial charge in [-0.05, 0) is 60.7 Å². The molecule has 3 aromatic rings. The minimum Gasteiger partial charge on any atom is -0.497 e. The van der Waals surface area contributed by atoms with Crippen LogP contribution in [0.5, 0.6) is 23.0 Å². The van der Waals surface area contributed by atoms with E-state index in [9.17, 15) is 13.2 Å². The fraction of sp³-hybridized carbons (Fsp3) is 0.0952. The molecule has 0 fully saturated rings. The third kappa shape index (κ3) is 4.81. The summed E-state index contributed by atoms with van der Waals surface area (Å²) in [5, 5.41) is 8.95. The average molecular weight is 429 g/mol. The van der Waals surface area contributed by atoms with Crippen LogP contribution in [0.4, 0.5) is 5.69 Å². The molecule has 156 valence electrons. The molecular formula is C21H19NO7S. The number of hydrogen-bond acceptors (Lipinski definition) is 6. The number of anilines is 1. The van der Waals surface area contributed by atoms with Crippen LogP contribution < -0.4 is 18.9 Å². The van der Waals surface area contributed by atoms with Crippen molar-refractivity contribution in [1.82, 2.24) is 0 Å². The lowest BCUT2D eigenvalue weighted by Crippen LogP contribution is -2.13. The quantitative estimate of drug-likeness (QED) is 0.557. The third-order valence-corrected chi connectivity index (χ3v) is 5.51. The second-order valence-corrected chi connectivity index (χ2v) is 7.76. The molecule has 0 unspecified atom stereocenters. The van der Waals surface area contributed by atoms with E-state index in [0.29, 0.717) is 23.0 Å². The van der Waals surface area contributed by atoms with Gasteiger partial charge < -0.3 is 19.3 Å². The van der Waals surface area contributed by atoms with Crippen LogP contribution in [0.1, 0.15) is 10.4 Å². The molecule has 3 aromatic carbocycles. The lowest BCUT2D eigenvalue weighted by molar-refractivity contribution is 0.0696. The third-order valence-electron chi connectivity index (χ3n) is 4.11. The first-order chi connectivity index (χ1) is 14.3. The number of carbonyl (C=O) groups is 1. The van der Waals surface area contributed by atoms with Gasteiger partial charge in [0.05, 0.1) is 30.4 Å². The first kappa shape index (κ1) is 21.0. The highest BCUT2D eigenvalue weighted by Crippen LogP contribution is 2.35. The molecule has 0 spiro atoms. The zero-order valence-electron chi connectivity index (χ0n) is 16.2. The van der Waals surface area contributed by atoms with Crippen LogP contribution in [0.2, 0.25) is 0 Å². The highest BCUT2D eigenvalue weighted by molar-refractivity contribution is 7.92. The summed E-state index contributed by atoms with van der Waals surface area (Å²) in [5.41, 5.74) is 0.246. The van der Waals surface area contributed by atoms with Crippen molar-refractivity contribution < 1.29 is 32.5 Å². The normalized spacial score (nSPS) is 10.9. The van der Waals surface area contributed by atoms with Crippen LogP contribution in [0, 0.1) is 0 Å². The maximum absolute atomic E-state index is 12.6. The lowest BCUT2D eigenvalue weighted by Gasteiger charge is -2.14. The van der Waals surface area contributed by atoms with Crippen LogP contribution in [0.3, 0.4) is 0 Å². The number of carboxylic acid groups (broad SMARTS) is 1. The van der Waals surface area contributed by atoms with Crippen molar-refractivity contribution in [3.05, 3.63) is 72.3 Å². The molecule has 0 aromatic heterocycles. The molecular weight excluding hydrogens is 410 g/mol. The largest absolute Gasteiger partial charge is 0.497 e. The fourth-order valence-corrected chi connectivity index (χ4v) is 3.63. The van der Waals surface area contributed by atoms with Crippen molar-refractivity contribution in [2.24, 2.45) is 0 Å². The van der Waals surface area contributed by atoms with E-state index < -0.39 is 16.0 Å². The molecule has 0 amide bonds. The first-order valence-corrected chi connectivity index (χ1v) is 10.2. The van der Waals surface area contributed by atoms with Gasteiger partial charge >= 0.3 is 5.97 Å². The lowest BCUT2D eigenvalue weighted by atomic mass is 10.2. The Morgan fingerprint density at radius 1 is 0.833 bits per heavy atom. The molecule has 8 nitrogen and oxygen atoms in total. The molecule has 0 atom stereocenters. The predicted octanol–water partition coefficient (Wildman–Crippen LogP) is 4.00. The Hall–Kier alpha value is -3.72. The highest BCUT2D eigenvalue weighted by Gasteiger charge is 2.17. The highest BCUT2D eigenvalue weighted by atomic mass is 32.2. The van der Waals surface area contributed by atoms with Crippen molar-refractivity contribution in [3.63, 3.8) is 0 Å². The number of aromatic carboxylic acids is 1. The van der Waals surface area contributed by atoms with E-state index in [1.54, 1.807) is 37.4 Å². The van der Waals surface area contributed by atoms with Crippen molar-refractivity contribution in [2.75, 3.05) is 18.9 Å².